The van der Waals surface area contributed by atoms with Crippen LogP contribution in [-0.2, 0) is 6.54 Å². The molecule has 4 N–H and O–H groups in total. The fourth-order valence-electron chi connectivity index (χ4n) is 2.07. The van der Waals surface area contributed by atoms with Gasteiger partial charge in [-0.2, -0.15) is 0 Å². The van der Waals surface area contributed by atoms with Gasteiger partial charge in [0.15, 0.2) is 11.5 Å². The van der Waals surface area contributed by atoms with Crippen molar-refractivity contribution in [3.05, 3.63) is 23.7 Å². The lowest BCUT2D eigenvalue weighted by molar-refractivity contribution is -0.915. The molecule has 1 rings (SSSR count). The van der Waals surface area contributed by atoms with Crippen LogP contribution in [0.15, 0.2) is 16.5 Å². The predicted octanol–water partition coefficient (Wildman–Crippen LogP) is 0.868. The van der Waals surface area contributed by atoms with E-state index >= 15 is 0 Å². The van der Waals surface area contributed by atoms with Gasteiger partial charge >= 0.3 is 5.91 Å². The predicted molar refractivity (Wildman–Crippen MR) is 74.6 cm³/mol. The number of nitrogens with two attached hydrogens (primary N) is 1. The van der Waals surface area contributed by atoms with Gasteiger partial charge in [0.05, 0.1) is 13.1 Å². The topological polar surface area (TPSA) is 72.7 Å². The highest BCUT2D eigenvalue weighted by atomic mass is 16.4. The fraction of sp³-hybridized carbons (Fsp3) is 0.643. The number of hydrazine groups is 1. The maximum Gasteiger partial charge on any atom is 0.300 e. The number of amides is 1. The van der Waals surface area contributed by atoms with Crippen LogP contribution in [-0.4, -0.2) is 19.0 Å². The molecule has 0 unspecified atom stereocenters. The van der Waals surface area contributed by atoms with E-state index in [1.807, 2.05) is 6.07 Å². The summed E-state index contributed by atoms with van der Waals surface area (Å²) in [6.45, 7) is 7.53. The van der Waals surface area contributed by atoms with Gasteiger partial charge in [-0.15, -0.1) is 0 Å². The van der Waals surface area contributed by atoms with Crippen molar-refractivity contribution in [2.75, 3.05) is 13.1 Å². The molecule has 5 heteroatoms. The molecule has 0 spiro atoms. The number of rotatable bonds is 9. The maximum atomic E-state index is 11.3. The van der Waals surface area contributed by atoms with Gasteiger partial charge in [0.25, 0.3) is 0 Å². The second-order valence-corrected chi connectivity index (χ2v) is 4.87. The monoisotopic (exact) mass is 268 g/mol. The number of furan rings is 1. The maximum absolute atomic E-state index is 11.3. The summed E-state index contributed by atoms with van der Waals surface area (Å²) >= 11 is 0. The molecule has 0 saturated heterocycles. The molecule has 0 saturated carbocycles. The Bertz CT molecular complexity index is 369. The summed E-state index contributed by atoms with van der Waals surface area (Å²) in [5, 5.41) is 0. The first-order valence-corrected chi connectivity index (χ1v) is 7.14. The molecular weight excluding hydrogens is 242 g/mol. The number of carbonyl (C=O) groups excluding carboxylic acids is 1. The molecule has 1 amide bonds. The SMILES string of the molecule is CCCC[NH+](CCCC)Cc1ccc(C(=O)NN)o1. The first kappa shape index (κ1) is 15.7. The minimum atomic E-state index is -0.380. The molecule has 0 aliphatic rings. The molecule has 0 aliphatic heterocycles. The Labute approximate surface area is 115 Å². The second-order valence-electron chi connectivity index (χ2n) is 4.87. The van der Waals surface area contributed by atoms with E-state index in [-0.39, 0.29) is 11.7 Å². The zero-order valence-corrected chi connectivity index (χ0v) is 12.0. The van der Waals surface area contributed by atoms with Gasteiger partial charge in [0.2, 0.25) is 0 Å². The Kier molecular flexibility index (Phi) is 7.22. The van der Waals surface area contributed by atoms with Crippen LogP contribution in [0, 0.1) is 0 Å². The molecule has 0 bridgehead atoms. The summed E-state index contributed by atoms with van der Waals surface area (Å²) < 4.78 is 5.51. The van der Waals surface area contributed by atoms with Crippen molar-refractivity contribution < 1.29 is 14.1 Å². The largest absolute Gasteiger partial charge is 0.450 e. The Balaban J connectivity index is 2.56. The number of hydrogen-bond donors (Lipinski definition) is 3. The number of unbranched alkanes of at least 4 members (excludes halogenated alkanes) is 2. The molecule has 0 radical (unpaired) electrons. The molecule has 1 aromatic heterocycles. The number of hydrogen-bond acceptors (Lipinski definition) is 3. The molecule has 0 aliphatic carbocycles. The van der Waals surface area contributed by atoms with Crippen molar-refractivity contribution in [1.82, 2.24) is 5.43 Å². The number of nitrogen functional groups attached to an aromatic ring is 1. The number of carbonyl (C=O) groups is 1. The minimum Gasteiger partial charge on any atom is -0.450 e. The van der Waals surface area contributed by atoms with Gasteiger partial charge in [0, 0.05) is 0 Å². The van der Waals surface area contributed by atoms with Gasteiger partial charge in [-0.05, 0) is 25.0 Å². The Hall–Kier alpha value is -1.33. The van der Waals surface area contributed by atoms with Crippen molar-refractivity contribution in [3.8, 4) is 0 Å². The van der Waals surface area contributed by atoms with Crippen LogP contribution in [0.4, 0.5) is 0 Å². The van der Waals surface area contributed by atoms with Gasteiger partial charge in [-0.1, -0.05) is 26.7 Å². The van der Waals surface area contributed by atoms with Crippen LogP contribution in [0.2, 0.25) is 0 Å². The van der Waals surface area contributed by atoms with E-state index in [9.17, 15) is 4.79 Å². The zero-order chi connectivity index (χ0) is 14.1. The van der Waals surface area contributed by atoms with Crippen LogP contribution in [0.1, 0.15) is 55.8 Å². The lowest BCUT2D eigenvalue weighted by Gasteiger charge is -2.17. The molecule has 0 fully saturated rings. The van der Waals surface area contributed by atoms with E-state index in [2.05, 4.69) is 19.3 Å². The molecule has 1 aromatic rings. The molecule has 19 heavy (non-hydrogen) atoms. The van der Waals surface area contributed by atoms with Crippen LogP contribution >= 0.6 is 0 Å². The van der Waals surface area contributed by atoms with Gasteiger partial charge < -0.3 is 9.32 Å². The van der Waals surface area contributed by atoms with Crippen molar-refractivity contribution in [1.29, 1.82) is 0 Å². The van der Waals surface area contributed by atoms with E-state index in [1.54, 1.807) is 6.07 Å². The molecule has 5 nitrogen and oxygen atoms in total. The van der Waals surface area contributed by atoms with Gasteiger partial charge in [0.1, 0.15) is 6.54 Å². The van der Waals surface area contributed by atoms with Crippen LogP contribution in [0.3, 0.4) is 0 Å². The lowest BCUT2D eigenvalue weighted by atomic mass is 10.2. The van der Waals surface area contributed by atoms with Crippen molar-refractivity contribution in [2.24, 2.45) is 5.84 Å². The smallest absolute Gasteiger partial charge is 0.300 e. The van der Waals surface area contributed by atoms with E-state index in [0.717, 1.165) is 25.4 Å². The third-order valence-corrected chi connectivity index (χ3v) is 3.21. The highest BCUT2D eigenvalue weighted by Gasteiger charge is 2.14. The number of quaternary nitrogens is 1. The van der Waals surface area contributed by atoms with Crippen molar-refractivity contribution in [3.63, 3.8) is 0 Å². The highest BCUT2D eigenvalue weighted by molar-refractivity contribution is 5.90. The molecule has 0 aromatic carbocycles. The molecular formula is C14H26N3O2+. The van der Waals surface area contributed by atoms with E-state index in [4.69, 9.17) is 10.3 Å². The Morgan fingerprint density at radius 1 is 1.26 bits per heavy atom. The highest BCUT2D eigenvalue weighted by Crippen LogP contribution is 2.06. The van der Waals surface area contributed by atoms with Crippen molar-refractivity contribution >= 4 is 5.91 Å². The zero-order valence-electron chi connectivity index (χ0n) is 12.0. The Morgan fingerprint density at radius 3 is 2.42 bits per heavy atom. The van der Waals surface area contributed by atoms with Crippen LogP contribution < -0.4 is 16.2 Å². The normalized spacial score (nSPS) is 10.9. The standard InChI is InChI=1S/C14H25N3O2/c1-3-5-9-17(10-6-4-2)11-12-7-8-13(19-12)14(18)16-15/h7-8H,3-6,9-11,15H2,1-2H3,(H,16,18)/p+1. The summed E-state index contributed by atoms with van der Waals surface area (Å²) in [4.78, 5) is 12.8. The fourth-order valence-corrected chi connectivity index (χ4v) is 2.07. The first-order chi connectivity index (χ1) is 9.21. The molecule has 108 valence electrons. The van der Waals surface area contributed by atoms with Gasteiger partial charge in [-0.3, -0.25) is 10.2 Å². The average molecular weight is 268 g/mol. The molecule has 0 atom stereocenters. The summed E-state index contributed by atoms with van der Waals surface area (Å²) in [6, 6.07) is 3.54. The van der Waals surface area contributed by atoms with E-state index < -0.39 is 0 Å². The summed E-state index contributed by atoms with van der Waals surface area (Å²) in [5.74, 6) is 5.83. The van der Waals surface area contributed by atoms with Crippen LogP contribution in [0.25, 0.3) is 0 Å². The number of nitrogens with one attached hydrogen (secondary N) is 2. The van der Waals surface area contributed by atoms with Crippen LogP contribution in [0.5, 0.6) is 0 Å². The molecule has 1 heterocycles. The Morgan fingerprint density at radius 2 is 1.89 bits per heavy atom. The summed E-state index contributed by atoms with van der Waals surface area (Å²) in [5.41, 5.74) is 2.08. The van der Waals surface area contributed by atoms with E-state index in [1.165, 1.54) is 30.6 Å². The van der Waals surface area contributed by atoms with E-state index in [0.29, 0.717) is 0 Å². The van der Waals surface area contributed by atoms with Gasteiger partial charge in [-0.25, -0.2) is 5.84 Å². The second kappa shape index (κ2) is 8.72. The summed E-state index contributed by atoms with van der Waals surface area (Å²) in [6.07, 6.45) is 4.84. The summed E-state index contributed by atoms with van der Waals surface area (Å²) in [7, 11) is 0. The van der Waals surface area contributed by atoms with Crippen molar-refractivity contribution in [2.45, 2.75) is 46.1 Å². The first-order valence-electron chi connectivity index (χ1n) is 7.14. The minimum absolute atomic E-state index is 0.280. The average Bonchev–Trinajstić information content (AvgIpc) is 2.89. The third-order valence-electron chi connectivity index (χ3n) is 3.21. The quantitative estimate of drug-likeness (QED) is 0.353. The third kappa shape index (κ3) is 5.44. The lowest BCUT2D eigenvalue weighted by Crippen LogP contribution is -3.10.